The Morgan fingerprint density at radius 3 is 2.15 bits per heavy atom. The summed E-state index contributed by atoms with van der Waals surface area (Å²) >= 11 is 1.67. The topological polar surface area (TPSA) is 29.1 Å². The molecule has 1 aromatic carbocycles. The molecule has 0 saturated carbocycles. The van der Waals surface area contributed by atoms with Crippen molar-refractivity contribution in [1.82, 2.24) is 5.32 Å². The highest BCUT2D eigenvalue weighted by Crippen LogP contribution is 2.15. The number of aryl methyl sites for hydroxylation is 1. The van der Waals surface area contributed by atoms with Crippen molar-refractivity contribution in [2.75, 3.05) is 5.75 Å². The molecule has 0 fully saturated rings. The molecule has 0 aliphatic rings. The summed E-state index contributed by atoms with van der Waals surface area (Å²) in [5.41, 5.74) is 2.55. The molecule has 1 N–H and O–H groups in total. The molecule has 20 heavy (non-hydrogen) atoms. The third-order valence-electron chi connectivity index (χ3n) is 3.39. The van der Waals surface area contributed by atoms with E-state index in [1.165, 1.54) is 11.1 Å². The van der Waals surface area contributed by atoms with E-state index in [-0.39, 0.29) is 11.9 Å². The highest BCUT2D eigenvalue weighted by atomic mass is 32.2. The van der Waals surface area contributed by atoms with E-state index < -0.39 is 0 Å². The summed E-state index contributed by atoms with van der Waals surface area (Å²) < 4.78 is 0. The van der Waals surface area contributed by atoms with Crippen molar-refractivity contribution in [3.8, 4) is 0 Å². The molecule has 2 nitrogen and oxygen atoms in total. The Kier molecular flexibility index (Phi) is 7.14. The molecule has 1 amide bonds. The van der Waals surface area contributed by atoms with Gasteiger partial charge in [0, 0.05) is 11.8 Å². The maximum absolute atomic E-state index is 12.0. The monoisotopic (exact) mass is 293 g/mol. The minimum Gasteiger partial charge on any atom is -0.352 e. The zero-order valence-corrected chi connectivity index (χ0v) is 14.1. The van der Waals surface area contributed by atoms with E-state index in [0.29, 0.717) is 17.6 Å². The molecule has 1 aromatic rings. The number of thioether (sulfide) groups is 1. The number of amides is 1. The number of nitrogens with one attached hydrogen (secondary N) is 1. The van der Waals surface area contributed by atoms with Gasteiger partial charge in [0.15, 0.2) is 0 Å². The van der Waals surface area contributed by atoms with Gasteiger partial charge in [0.1, 0.15) is 0 Å². The van der Waals surface area contributed by atoms with Gasteiger partial charge in [-0.25, -0.2) is 0 Å². The highest BCUT2D eigenvalue weighted by Gasteiger charge is 2.19. The number of carbonyl (C=O) groups excluding carboxylic acids is 1. The number of carbonyl (C=O) groups is 1. The van der Waals surface area contributed by atoms with Crippen LogP contribution in [0.25, 0.3) is 0 Å². The minimum absolute atomic E-state index is 0.148. The van der Waals surface area contributed by atoms with Crippen molar-refractivity contribution in [3.05, 3.63) is 35.4 Å². The summed E-state index contributed by atoms with van der Waals surface area (Å²) in [6, 6.07) is 8.76. The molecule has 0 aliphatic heterocycles. The van der Waals surface area contributed by atoms with E-state index in [4.69, 9.17) is 0 Å². The van der Waals surface area contributed by atoms with Crippen LogP contribution in [-0.4, -0.2) is 17.7 Å². The Labute approximate surface area is 127 Å². The molecule has 0 heterocycles. The van der Waals surface area contributed by atoms with Crippen molar-refractivity contribution in [2.24, 2.45) is 11.8 Å². The third kappa shape index (κ3) is 6.00. The zero-order valence-electron chi connectivity index (χ0n) is 13.3. The third-order valence-corrected chi connectivity index (χ3v) is 4.39. The van der Waals surface area contributed by atoms with Crippen molar-refractivity contribution in [2.45, 2.75) is 46.4 Å². The normalized spacial score (nSPS) is 11.4. The fourth-order valence-corrected chi connectivity index (χ4v) is 3.08. The predicted molar refractivity (Wildman–Crippen MR) is 88.9 cm³/mol. The van der Waals surface area contributed by atoms with Crippen LogP contribution in [0.3, 0.4) is 0 Å². The van der Waals surface area contributed by atoms with E-state index in [2.05, 4.69) is 64.2 Å². The molecular weight excluding hydrogens is 266 g/mol. The first-order valence-corrected chi connectivity index (χ1v) is 8.48. The smallest absolute Gasteiger partial charge is 0.230 e. The molecule has 0 aliphatic carbocycles. The molecule has 0 atom stereocenters. The van der Waals surface area contributed by atoms with Gasteiger partial charge in [-0.05, 0) is 24.3 Å². The molecule has 3 heteroatoms. The summed E-state index contributed by atoms with van der Waals surface area (Å²) in [5, 5.41) is 3.15. The molecule has 0 radical (unpaired) electrons. The van der Waals surface area contributed by atoms with Gasteiger partial charge in [0.2, 0.25) is 5.91 Å². The molecule has 112 valence electrons. The van der Waals surface area contributed by atoms with Crippen molar-refractivity contribution < 1.29 is 4.79 Å². The van der Waals surface area contributed by atoms with Crippen LogP contribution in [0.1, 0.15) is 38.8 Å². The summed E-state index contributed by atoms with van der Waals surface area (Å²) in [7, 11) is 0. The van der Waals surface area contributed by atoms with Crippen molar-refractivity contribution in [3.63, 3.8) is 0 Å². The van der Waals surface area contributed by atoms with E-state index >= 15 is 0 Å². The Bertz CT molecular complexity index is 404. The maximum Gasteiger partial charge on any atom is 0.230 e. The summed E-state index contributed by atoms with van der Waals surface area (Å²) in [4.78, 5) is 12.0. The maximum atomic E-state index is 12.0. The highest BCUT2D eigenvalue weighted by molar-refractivity contribution is 7.99. The fraction of sp³-hybridized carbons (Fsp3) is 0.588. The Hall–Kier alpha value is -0.960. The number of rotatable bonds is 7. The summed E-state index contributed by atoms with van der Waals surface area (Å²) in [6.07, 6.45) is 0. The Morgan fingerprint density at radius 1 is 1.10 bits per heavy atom. The molecule has 0 unspecified atom stereocenters. The number of hydrogen-bond acceptors (Lipinski definition) is 2. The first-order valence-electron chi connectivity index (χ1n) is 7.32. The Balaban J connectivity index is 2.34. The van der Waals surface area contributed by atoms with E-state index in [1.54, 1.807) is 11.8 Å². The molecule has 0 spiro atoms. The van der Waals surface area contributed by atoms with Crippen LogP contribution < -0.4 is 5.32 Å². The minimum atomic E-state index is 0.148. The van der Waals surface area contributed by atoms with Gasteiger partial charge in [-0.2, -0.15) is 0 Å². The lowest BCUT2D eigenvalue weighted by Crippen LogP contribution is -2.43. The van der Waals surface area contributed by atoms with Gasteiger partial charge >= 0.3 is 0 Å². The first-order chi connectivity index (χ1) is 9.40. The summed E-state index contributed by atoms with van der Waals surface area (Å²) in [6.45, 7) is 10.7. The van der Waals surface area contributed by atoms with Gasteiger partial charge in [-0.3, -0.25) is 4.79 Å². The van der Waals surface area contributed by atoms with Crippen LogP contribution in [0.4, 0.5) is 0 Å². The summed E-state index contributed by atoms with van der Waals surface area (Å²) in [5.74, 6) is 2.52. The average molecular weight is 293 g/mol. The number of hydrogen-bond donors (Lipinski definition) is 1. The Morgan fingerprint density at radius 2 is 1.65 bits per heavy atom. The second-order valence-electron chi connectivity index (χ2n) is 6.06. The molecule has 1 rings (SSSR count). The van der Waals surface area contributed by atoms with Crippen LogP contribution in [0, 0.1) is 18.8 Å². The lowest BCUT2D eigenvalue weighted by Gasteiger charge is -2.26. The molecule has 0 aromatic heterocycles. The van der Waals surface area contributed by atoms with E-state index in [9.17, 15) is 4.79 Å². The van der Waals surface area contributed by atoms with Gasteiger partial charge < -0.3 is 5.32 Å². The predicted octanol–water partition coefficient (Wildman–Crippen LogP) is 4.03. The van der Waals surface area contributed by atoms with Crippen molar-refractivity contribution in [1.29, 1.82) is 0 Å². The van der Waals surface area contributed by atoms with Crippen LogP contribution in [-0.2, 0) is 10.5 Å². The second kappa shape index (κ2) is 8.35. The lowest BCUT2D eigenvalue weighted by molar-refractivity contribution is -0.119. The van der Waals surface area contributed by atoms with Gasteiger partial charge in [-0.15, -0.1) is 11.8 Å². The average Bonchev–Trinajstić information content (AvgIpc) is 2.37. The fourth-order valence-electron chi connectivity index (χ4n) is 2.28. The van der Waals surface area contributed by atoms with Crippen LogP contribution >= 0.6 is 11.8 Å². The number of benzene rings is 1. The first kappa shape index (κ1) is 17.1. The zero-order chi connectivity index (χ0) is 15.1. The van der Waals surface area contributed by atoms with Crippen LogP contribution in [0.2, 0.25) is 0 Å². The van der Waals surface area contributed by atoms with Crippen LogP contribution in [0.5, 0.6) is 0 Å². The quantitative estimate of drug-likeness (QED) is 0.822. The lowest BCUT2D eigenvalue weighted by atomic mass is 9.93. The van der Waals surface area contributed by atoms with Gasteiger partial charge in [-0.1, -0.05) is 57.5 Å². The van der Waals surface area contributed by atoms with Gasteiger partial charge in [0.05, 0.1) is 5.75 Å². The van der Waals surface area contributed by atoms with Gasteiger partial charge in [0.25, 0.3) is 0 Å². The van der Waals surface area contributed by atoms with E-state index in [0.717, 1.165) is 5.75 Å². The van der Waals surface area contributed by atoms with Crippen molar-refractivity contribution >= 4 is 17.7 Å². The van der Waals surface area contributed by atoms with E-state index in [1.807, 2.05) is 0 Å². The SMILES string of the molecule is Cc1ccc(CSCC(=O)NC(C(C)C)C(C)C)cc1. The largest absolute Gasteiger partial charge is 0.352 e. The standard InChI is InChI=1S/C17H27NOS/c1-12(2)17(13(3)4)18-16(19)11-20-10-15-8-6-14(5)7-9-15/h6-9,12-13,17H,10-11H2,1-5H3,(H,18,19). The van der Waals surface area contributed by atoms with Crippen LogP contribution in [0.15, 0.2) is 24.3 Å². The molecule has 0 bridgehead atoms. The second-order valence-corrected chi connectivity index (χ2v) is 7.05. The molecular formula is C17H27NOS. The molecule has 0 saturated heterocycles.